The molecule has 0 saturated heterocycles. The smallest absolute Gasteiger partial charge is 0.294 e. The van der Waals surface area contributed by atoms with E-state index in [1.54, 1.807) is 23.1 Å². The van der Waals surface area contributed by atoms with Crippen molar-refractivity contribution in [3.05, 3.63) is 101 Å². The summed E-state index contributed by atoms with van der Waals surface area (Å²) in [5.41, 5.74) is 4.35. The molecule has 3 aromatic carbocycles. The Hall–Kier alpha value is -3.90. The number of rotatable bonds is 11. The van der Waals surface area contributed by atoms with Crippen molar-refractivity contribution in [2.24, 2.45) is 0 Å². The van der Waals surface area contributed by atoms with Crippen LogP contribution in [-0.4, -0.2) is 43.4 Å². The molecular formula is C32H37N3O3. The Labute approximate surface area is 225 Å². The van der Waals surface area contributed by atoms with Gasteiger partial charge in [-0.25, -0.2) is 0 Å². The van der Waals surface area contributed by atoms with Gasteiger partial charge in [0.05, 0.1) is 12.2 Å². The highest BCUT2D eigenvalue weighted by Crippen LogP contribution is 2.36. The Kier molecular flexibility index (Phi) is 9.33. The number of unbranched alkanes of at least 4 members (excludes halogenated alkanes) is 1. The van der Waals surface area contributed by atoms with Gasteiger partial charge in [-0.05, 0) is 81.4 Å². The summed E-state index contributed by atoms with van der Waals surface area (Å²) in [6.07, 6.45) is 5.02. The molecule has 0 unspecified atom stereocenters. The molecule has 6 nitrogen and oxygen atoms in total. The molecule has 0 atom stereocenters. The number of carbonyl (C=O) groups is 2. The molecule has 0 radical (unpaired) electrons. The third kappa shape index (κ3) is 7.11. The number of carbonyl (C=O) groups excluding carboxylic acids is 2. The van der Waals surface area contributed by atoms with Crippen LogP contribution in [0, 0.1) is 6.92 Å². The Bertz CT molecular complexity index is 1270. The van der Waals surface area contributed by atoms with Crippen molar-refractivity contribution in [3.63, 3.8) is 0 Å². The number of amides is 2. The summed E-state index contributed by atoms with van der Waals surface area (Å²) in [6.45, 7) is 7.37. The third-order valence-electron chi connectivity index (χ3n) is 6.66. The van der Waals surface area contributed by atoms with Crippen molar-refractivity contribution in [1.29, 1.82) is 0 Å². The second-order valence-electron chi connectivity index (χ2n) is 9.84. The zero-order valence-electron chi connectivity index (χ0n) is 22.6. The van der Waals surface area contributed by atoms with Gasteiger partial charge in [0, 0.05) is 12.1 Å². The molecule has 1 aliphatic heterocycles. The van der Waals surface area contributed by atoms with E-state index in [0.29, 0.717) is 24.4 Å². The number of fused-ring (bicyclic) bond motifs is 1. The Morgan fingerprint density at radius 3 is 2.42 bits per heavy atom. The van der Waals surface area contributed by atoms with Crippen LogP contribution in [-0.2, 0) is 11.3 Å². The predicted octanol–water partition coefficient (Wildman–Crippen LogP) is 5.81. The molecule has 4 rings (SSSR count). The van der Waals surface area contributed by atoms with Gasteiger partial charge in [-0.2, -0.15) is 0 Å². The first kappa shape index (κ1) is 27.1. The highest BCUT2D eigenvalue weighted by atomic mass is 16.5. The van der Waals surface area contributed by atoms with Gasteiger partial charge in [-0.15, -0.1) is 0 Å². The minimum atomic E-state index is -0.199. The van der Waals surface area contributed by atoms with Crippen molar-refractivity contribution >= 4 is 23.6 Å². The van der Waals surface area contributed by atoms with Gasteiger partial charge >= 0.3 is 0 Å². The molecule has 1 N–H and O–H groups in total. The third-order valence-corrected chi connectivity index (χ3v) is 6.66. The summed E-state index contributed by atoms with van der Waals surface area (Å²) in [5.74, 6) is 0.598. The lowest BCUT2D eigenvalue weighted by atomic mass is 10.1. The van der Waals surface area contributed by atoms with Gasteiger partial charge in [0.1, 0.15) is 0 Å². The maximum atomic E-state index is 13.5. The fourth-order valence-electron chi connectivity index (χ4n) is 4.37. The van der Waals surface area contributed by atoms with E-state index in [1.165, 1.54) is 18.4 Å². The number of hydrogen-bond donors (Lipinski definition) is 1. The Morgan fingerprint density at radius 1 is 0.974 bits per heavy atom. The van der Waals surface area contributed by atoms with E-state index in [4.69, 9.17) is 4.74 Å². The number of para-hydroxylation sites is 2. The first-order valence-corrected chi connectivity index (χ1v) is 13.4. The van der Waals surface area contributed by atoms with Gasteiger partial charge in [0.25, 0.3) is 11.8 Å². The standard InChI is InChI=1S/C32H37N3O3/c1-4-5-20-34(3)21-8-19-33-31(36)27-17-15-25(16-18-27)22-30-32(37)35(23-26-13-11-24(2)12-14-26)28-9-6-7-10-29(28)38-30/h6-7,9-18,22H,4-5,8,19-21,23H2,1-3H3,(H,33,36). The summed E-state index contributed by atoms with van der Waals surface area (Å²) >= 11 is 0. The van der Waals surface area contributed by atoms with E-state index in [2.05, 4.69) is 24.2 Å². The first-order chi connectivity index (χ1) is 18.4. The lowest BCUT2D eigenvalue weighted by Gasteiger charge is -2.30. The normalized spacial score (nSPS) is 13.9. The maximum absolute atomic E-state index is 13.5. The van der Waals surface area contributed by atoms with Gasteiger partial charge < -0.3 is 15.0 Å². The van der Waals surface area contributed by atoms with E-state index in [0.717, 1.165) is 36.3 Å². The molecule has 0 saturated carbocycles. The minimum Gasteiger partial charge on any atom is -0.449 e. The first-order valence-electron chi connectivity index (χ1n) is 13.4. The summed E-state index contributed by atoms with van der Waals surface area (Å²) < 4.78 is 6.01. The van der Waals surface area contributed by atoms with Crippen LogP contribution < -0.4 is 15.0 Å². The van der Waals surface area contributed by atoms with Gasteiger partial charge in [-0.1, -0.05) is 67.4 Å². The van der Waals surface area contributed by atoms with Crippen molar-refractivity contribution < 1.29 is 14.3 Å². The number of hydrogen-bond acceptors (Lipinski definition) is 4. The zero-order chi connectivity index (χ0) is 26.9. The molecule has 0 fully saturated rings. The molecule has 38 heavy (non-hydrogen) atoms. The van der Waals surface area contributed by atoms with Gasteiger partial charge in [-0.3, -0.25) is 14.5 Å². The molecule has 2 amide bonds. The summed E-state index contributed by atoms with van der Waals surface area (Å²) in [6, 6.07) is 23.0. The number of nitrogens with zero attached hydrogens (tertiary/aromatic N) is 2. The second kappa shape index (κ2) is 13.1. The summed E-state index contributed by atoms with van der Waals surface area (Å²) in [5, 5.41) is 3.00. The number of aryl methyl sites for hydroxylation is 1. The van der Waals surface area contributed by atoms with Crippen LogP contribution >= 0.6 is 0 Å². The molecule has 0 spiro atoms. The van der Waals surface area contributed by atoms with Crippen molar-refractivity contribution in [3.8, 4) is 5.75 Å². The molecule has 6 heteroatoms. The van der Waals surface area contributed by atoms with E-state index in [1.807, 2.05) is 67.6 Å². The molecule has 198 valence electrons. The van der Waals surface area contributed by atoms with E-state index < -0.39 is 0 Å². The van der Waals surface area contributed by atoms with Crippen molar-refractivity contribution in [2.45, 2.75) is 39.7 Å². The van der Waals surface area contributed by atoms with Crippen LogP contribution in [0.4, 0.5) is 5.69 Å². The van der Waals surface area contributed by atoms with Crippen LogP contribution in [0.25, 0.3) is 6.08 Å². The zero-order valence-corrected chi connectivity index (χ0v) is 22.6. The SMILES string of the molecule is CCCCN(C)CCCNC(=O)c1ccc(C=C2Oc3ccccc3N(Cc3ccc(C)cc3)C2=O)cc1. The quantitative estimate of drug-likeness (QED) is 0.261. The van der Waals surface area contributed by atoms with E-state index in [9.17, 15) is 9.59 Å². The van der Waals surface area contributed by atoms with Crippen LogP contribution in [0.3, 0.4) is 0 Å². The van der Waals surface area contributed by atoms with E-state index >= 15 is 0 Å². The average molecular weight is 512 g/mol. The molecule has 0 bridgehead atoms. The number of anilines is 1. The molecule has 3 aromatic rings. The lowest BCUT2D eigenvalue weighted by Crippen LogP contribution is -2.36. The summed E-state index contributed by atoms with van der Waals surface area (Å²) in [4.78, 5) is 30.1. The predicted molar refractivity (Wildman–Crippen MR) is 153 cm³/mol. The molecule has 0 aliphatic carbocycles. The average Bonchev–Trinajstić information content (AvgIpc) is 2.93. The second-order valence-corrected chi connectivity index (χ2v) is 9.84. The molecule has 1 aliphatic rings. The van der Waals surface area contributed by atoms with E-state index in [-0.39, 0.29) is 17.6 Å². The maximum Gasteiger partial charge on any atom is 0.294 e. The number of benzene rings is 3. The molecule has 0 aromatic heterocycles. The van der Waals surface area contributed by atoms with Crippen LogP contribution in [0.2, 0.25) is 0 Å². The fraction of sp³-hybridized carbons (Fsp3) is 0.312. The van der Waals surface area contributed by atoms with Gasteiger partial charge in [0.15, 0.2) is 11.5 Å². The van der Waals surface area contributed by atoms with Crippen molar-refractivity contribution in [2.75, 3.05) is 31.6 Å². The fourth-order valence-corrected chi connectivity index (χ4v) is 4.37. The minimum absolute atomic E-state index is 0.0939. The van der Waals surface area contributed by atoms with Crippen LogP contribution in [0.15, 0.2) is 78.6 Å². The summed E-state index contributed by atoms with van der Waals surface area (Å²) in [7, 11) is 2.12. The number of nitrogens with one attached hydrogen (secondary N) is 1. The largest absolute Gasteiger partial charge is 0.449 e. The monoisotopic (exact) mass is 511 g/mol. The van der Waals surface area contributed by atoms with Gasteiger partial charge in [0.2, 0.25) is 0 Å². The molecular weight excluding hydrogens is 474 g/mol. The van der Waals surface area contributed by atoms with Crippen molar-refractivity contribution in [1.82, 2.24) is 10.2 Å². The topological polar surface area (TPSA) is 61.9 Å². The van der Waals surface area contributed by atoms with Crippen LogP contribution in [0.5, 0.6) is 5.75 Å². The lowest BCUT2D eigenvalue weighted by molar-refractivity contribution is -0.117. The Morgan fingerprint density at radius 2 is 1.68 bits per heavy atom. The molecule has 1 heterocycles. The highest BCUT2D eigenvalue weighted by Gasteiger charge is 2.30. The van der Waals surface area contributed by atoms with Crippen LogP contribution in [0.1, 0.15) is 53.2 Å². The number of ether oxygens (including phenoxy) is 1. The highest BCUT2D eigenvalue weighted by molar-refractivity contribution is 6.09. The Balaban J connectivity index is 1.41.